The Balaban J connectivity index is 1.75. The van der Waals surface area contributed by atoms with E-state index in [-0.39, 0.29) is 10.6 Å². The van der Waals surface area contributed by atoms with Crippen LogP contribution in [0.25, 0.3) is 0 Å². The molecule has 0 saturated heterocycles. The molecule has 178 valence electrons. The lowest BCUT2D eigenvalue weighted by Crippen LogP contribution is -2.04. The van der Waals surface area contributed by atoms with Gasteiger partial charge in [-0.3, -0.25) is 4.55 Å². The summed E-state index contributed by atoms with van der Waals surface area (Å²) in [4.78, 5) is -0.113. The molecule has 0 saturated carbocycles. The Labute approximate surface area is 193 Å². The first-order valence-electron chi connectivity index (χ1n) is 12.0. The molecule has 5 nitrogen and oxygen atoms in total. The van der Waals surface area contributed by atoms with E-state index in [9.17, 15) is 18.1 Å². The van der Waals surface area contributed by atoms with E-state index >= 15 is 0 Å². The first-order valence-corrected chi connectivity index (χ1v) is 13.4. The summed E-state index contributed by atoms with van der Waals surface area (Å²) in [5.74, 6) is 0.739. The van der Waals surface area contributed by atoms with E-state index in [1.54, 1.807) is 24.3 Å². The number of phenols is 1. The second-order valence-electron chi connectivity index (χ2n) is 8.48. The maximum Gasteiger partial charge on any atom is 0.294 e. The number of aromatic hydroxyl groups is 1. The maximum atomic E-state index is 11.9. The summed E-state index contributed by atoms with van der Waals surface area (Å²) in [7, 11) is -4.35. The Morgan fingerprint density at radius 2 is 1.31 bits per heavy atom. The number of unbranched alkanes of at least 4 members (excludes halogenated alkanes) is 11. The minimum atomic E-state index is -4.35. The van der Waals surface area contributed by atoms with Crippen molar-refractivity contribution < 1.29 is 22.8 Å². The molecule has 2 aromatic carbocycles. The highest BCUT2D eigenvalue weighted by Gasteiger charge is 2.17. The van der Waals surface area contributed by atoms with Crippen LogP contribution in [0.4, 0.5) is 0 Å². The third-order valence-electron chi connectivity index (χ3n) is 5.67. The molecule has 2 N–H and O–H groups in total. The van der Waals surface area contributed by atoms with Crippen molar-refractivity contribution in [2.24, 2.45) is 0 Å². The van der Waals surface area contributed by atoms with Crippen molar-refractivity contribution in [3.63, 3.8) is 0 Å². The molecule has 0 radical (unpaired) electrons. The zero-order valence-electron chi connectivity index (χ0n) is 19.3. The fourth-order valence-electron chi connectivity index (χ4n) is 3.88. The van der Waals surface area contributed by atoms with Gasteiger partial charge in [0.15, 0.2) is 0 Å². The van der Waals surface area contributed by atoms with Crippen molar-refractivity contribution in [3.05, 3.63) is 48.0 Å². The minimum Gasteiger partial charge on any atom is -0.508 e. The van der Waals surface area contributed by atoms with Crippen molar-refractivity contribution in [1.29, 1.82) is 0 Å². The Morgan fingerprint density at radius 1 is 0.750 bits per heavy atom. The zero-order valence-corrected chi connectivity index (χ0v) is 20.1. The number of hydrogen-bond acceptors (Lipinski definition) is 4. The maximum absolute atomic E-state index is 11.9. The molecule has 0 spiro atoms. The van der Waals surface area contributed by atoms with Crippen LogP contribution in [0.2, 0.25) is 0 Å². The van der Waals surface area contributed by atoms with Gasteiger partial charge in [-0.15, -0.1) is 0 Å². The van der Waals surface area contributed by atoms with Gasteiger partial charge >= 0.3 is 0 Å². The van der Waals surface area contributed by atoms with Crippen molar-refractivity contribution in [2.45, 2.75) is 95.3 Å². The molecule has 0 fully saturated rings. The monoisotopic (exact) mass is 462 g/mol. The second kappa shape index (κ2) is 14.2. The van der Waals surface area contributed by atoms with E-state index in [1.807, 2.05) is 0 Å². The van der Waals surface area contributed by atoms with E-state index in [0.29, 0.717) is 23.5 Å². The van der Waals surface area contributed by atoms with Crippen LogP contribution in [0.5, 0.6) is 17.2 Å². The van der Waals surface area contributed by atoms with Gasteiger partial charge in [-0.2, -0.15) is 8.42 Å². The van der Waals surface area contributed by atoms with Crippen LogP contribution >= 0.6 is 0 Å². The van der Waals surface area contributed by atoms with Crippen LogP contribution in [-0.4, -0.2) is 18.1 Å². The van der Waals surface area contributed by atoms with Crippen LogP contribution < -0.4 is 4.74 Å². The average molecular weight is 463 g/mol. The number of benzene rings is 2. The van der Waals surface area contributed by atoms with Crippen LogP contribution in [-0.2, 0) is 16.5 Å². The summed E-state index contributed by atoms with van der Waals surface area (Å²) >= 11 is 0. The van der Waals surface area contributed by atoms with Crippen molar-refractivity contribution in [1.82, 2.24) is 0 Å². The topological polar surface area (TPSA) is 83.8 Å². The molecular weight excluding hydrogens is 424 g/mol. The number of rotatable bonds is 16. The van der Waals surface area contributed by atoms with Crippen LogP contribution in [0.15, 0.2) is 47.4 Å². The van der Waals surface area contributed by atoms with E-state index in [1.165, 1.54) is 76.0 Å². The van der Waals surface area contributed by atoms with Crippen LogP contribution in [0.1, 0.15) is 89.5 Å². The van der Waals surface area contributed by atoms with Gasteiger partial charge in [0.25, 0.3) is 10.1 Å². The van der Waals surface area contributed by atoms with Gasteiger partial charge in [-0.25, -0.2) is 0 Å². The molecule has 0 amide bonds. The molecule has 2 aromatic rings. The molecule has 2 rings (SSSR count). The Bertz CT molecular complexity index is 908. The fourth-order valence-corrected chi connectivity index (χ4v) is 4.65. The molecule has 0 unspecified atom stereocenters. The molecule has 32 heavy (non-hydrogen) atoms. The van der Waals surface area contributed by atoms with Crippen LogP contribution in [0.3, 0.4) is 0 Å². The lowest BCUT2D eigenvalue weighted by Gasteiger charge is -2.11. The molecule has 0 aliphatic heterocycles. The summed E-state index contributed by atoms with van der Waals surface area (Å²) in [6.07, 6.45) is 15.5. The predicted molar refractivity (Wildman–Crippen MR) is 129 cm³/mol. The van der Waals surface area contributed by atoms with E-state index < -0.39 is 10.1 Å². The quantitative estimate of drug-likeness (QED) is 0.197. The molecule has 0 heterocycles. The predicted octanol–water partition coefficient (Wildman–Crippen LogP) is 7.67. The van der Waals surface area contributed by atoms with Crippen molar-refractivity contribution >= 4 is 10.1 Å². The van der Waals surface area contributed by atoms with Crippen molar-refractivity contribution in [2.75, 3.05) is 0 Å². The first kappa shape index (κ1) is 26.2. The molecule has 0 aromatic heterocycles. The zero-order chi connectivity index (χ0) is 23.2. The van der Waals surface area contributed by atoms with E-state index in [2.05, 4.69) is 6.92 Å². The minimum absolute atomic E-state index is 0.0566. The standard InChI is InChI=1S/C26H38O5S/c1-2-3-4-5-6-7-8-9-10-11-12-13-15-22-18-19-25(21-26(22)32(28,29)30)31-24-17-14-16-23(27)20-24/h14,16-21,27H,2-13,15H2,1H3,(H,28,29,30). The van der Waals surface area contributed by atoms with Gasteiger partial charge in [-0.05, 0) is 36.6 Å². The van der Waals surface area contributed by atoms with Gasteiger partial charge in [0.2, 0.25) is 0 Å². The Hall–Kier alpha value is -2.05. The van der Waals surface area contributed by atoms with Gasteiger partial charge in [0.1, 0.15) is 22.1 Å². The first-order chi connectivity index (χ1) is 15.4. The summed E-state index contributed by atoms with van der Waals surface area (Å²) < 4.78 is 39.1. The smallest absolute Gasteiger partial charge is 0.294 e. The molecule has 0 aliphatic carbocycles. The number of hydrogen-bond donors (Lipinski definition) is 2. The molecule has 6 heteroatoms. The fraction of sp³-hybridized carbons (Fsp3) is 0.538. The van der Waals surface area contributed by atoms with Gasteiger partial charge < -0.3 is 9.84 Å². The normalized spacial score (nSPS) is 11.6. The third-order valence-corrected chi connectivity index (χ3v) is 6.61. The largest absolute Gasteiger partial charge is 0.508 e. The molecule has 0 atom stereocenters. The summed E-state index contributed by atoms with van der Waals surface area (Å²) in [5.41, 5.74) is 0.600. The SMILES string of the molecule is CCCCCCCCCCCCCCc1ccc(Oc2cccc(O)c2)cc1S(=O)(=O)O. The second-order valence-corrected chi connectivity index (χ2v) is 9.87. The Kier molecular flexibility index (Phi) is 11.6. The van der Waals surface area contributed by atoms with Gasteiger partial charge in [-0.1, -0.05) is 89.7 Å². The summed E-state index contributed by atoms with van der Waals surface area (Å²) in [5, 5.41) is 9.54. The van der Waals surface area contributed by atoms with Gasteiger partial charge in [0.05, 0.1) is 0 Å². The number of ether oxygens (including phenoxy) is 1. The lowest BCUT2D eigenvalue weighted by molar-refractivity contribution is 0.452. The number of phenolic OH excluding ortho intramolecular Hbond substituents is 1. The van der Waals surface area contributed by atoms with Gasteiger partial charge in [0, 0.05) is 12.1 Å². The highest BCUT2D eigenvalue weighted by Crippen LogP contribution is 2.29. The Morgan fingerprint density at radius 3 is 1.88 bits per heavy atom. The third kappa shape index (κ3) is 10.0. The van der Waals surface area contributed by atoms with E-state index in [0.717, 1.165) is 19.3 Å². The van der Waals surface area contributed by atoms with Crippen LogP contribution in [0, 0.1) is 0 Å². The molecule has 0 aliphatic rings. The average Bonchev–Trinajstić information content (AvgIpc) is 2.74. The van der Waals surface area contributed by atoms with Crippen molar-refractivity contribution in [3.8, 4) is 17.2 Å². The van der Waals surface area contributed by atoms with E-state index in [4.69, 9.17) is 4.74 Å². The summed E-state index contributed by atoms with van der Waals surface area (Å²) in [6, 6.07) is 11.0. The highest BCUT2D eigenvalue weighted by molar-refractivity contribution is 7.85. The summed E-state index contributed by atoms with van der Waals surface area (Å²) in [6.45, 7) is 2.24. The highest BCUT2D eigenvalue weighted by atomic mass is 32.2. The lowest BCUT2D eigenvalue weighted by atomic mass is 10.0. The number of aryl methyl sites for hydroxylation is 1. The molecule has 0 bridgehead atoms. The molecular formula is C26H38O5S.